The summed E-state index contributed by atoms with van der Waals surface area (Å²) < 4.78 is 0. The van der Waals surface area contributed by atoms with Crippen LogP contribution in [0.15, 0.2) is 30.3 Å². The van der Waals surface area contributed by atoms with Crippen LogP contribution in [0.1, 0.15) is 32.3 Å². The van der Waals surface area contributed by atoms with E-state index in [1.165, 1.54) is 24.8 Å². The molecule has 0 bridgehead atoms. The lowest BCUT2D eigenvalue weighted by Crippen LogP contribution is -2.20. The van der Waals surface area contributed by atoms with Gasteiger partial charge < -0.3 is 5.32 Å². The van der Waals surface area contributed by atoms with E-state index in [0.717, 1.165) is 6.54 Å². The van der Waals surface area contributed by atoms with Crippen LogP contribution in [0.2, 0.25) is 0 Å². The maximum Gasteiger partial charge on any atom is -0.00468 e. The molecule has 0 spiro atoms. The lowest BCUT2D eigenvalue weighted by molar-refractivity contribution is 0.305. The predicted octanol–water partition coefficient (Wildman–Crippen LogP) is 3.25. The van der Waals surface area contributed by atoms with Gasteiger partial charge in [-0.2, -0.15) is 0 Å². The molecule has 0 atom stereocenters. The van der Waals surface area contributed by atoms with Crippen molar-refractivity contribution in [3.63, 3.8) is 0 Å². The van der Waals surface area contributed by atoms with Crippen molar-refractivity contribution in [1.29, 1.82) is 0 Å². The number of rotatable bonds is 6. The summed E-state index contributed by atoms with van der Waals surface area (Å²) >= 11 is 0. The van der Waals surface area contributed by atoms with Crippen molar-refractivity contribution in [3.8, 4) is 0 Å². The molecule has 1 heteroatoms. The lowest BCUT2D eigenvalue weighted by Gasteiger charge is -2.24. The van der Waals surface area contributed by atoms with E-state index >= 15 is 0 Å². The second-order valence-corrected chi connectivity index (χ2v) is 5.00. The standard InChI is InChI=1S/C14H23N/c1-14(2,11-12-15-3)10-9-13-7-5-4-6-8-13/h4-8,15H,9-12H2,1-3H3. The van der Waals surface area contributed by atoms with Crippen LogP contribution in [0, 0.1) is 5.41 Å². The van der Waals surface area contributed by atoms with Crippen molar-refractivity contribution in [2.75, 3.05) is 13.6 Å². The molecule has 0 fully saturated rings. The maximum absolute atomic E-state index is 3.22. The Morgan fingerprint density at radius 1 is 1.07 bits per heavy atom. The van der Waals surface area contributed by atoms with Crippen LogP contribution in [0.3, 0.4) is 0 Å². The largest absolute Gasteiger partial charge is 0.320 e. The first-order valence-electron chi connectivity index (χ1n) is 5.82. The van der Waals surface area contributed by atoms with Crippen molar-refractivity contribution in [2.45, 2.75) is 33.1 Å². The van der Waals surface area contributed by atoms with Gasteiger partial charge in [0.2, 0.25) is 0 Å². The summed E-state index contributed by atoms with van der Waals surface area (Å²) in [6.45, 7) is 5.82. The minimum absolute atomic E-state index is 0.443. The third kappa shape index (κ3) is 4.98. The first-order chi connectivity index (χ1) is 7.14. The molecule has 0 saturated carbocycles. The molecule has 0 unspecified atom stereocenters. The molecule has 1 rings (SSSR count). The molecular weight excluding hydrogens is 182 g/mol. The average Bonchev–Trinajstić information content (AvgIpc) is 2.25. The summed E-state index contributed by atoms with van der Waals surface area (Å²) in [5, 5.41) is 3.22. The molecule has 1 nitrogen and oxygen atoms in total. The van der Waals surface area contributed by atoms with Gasteiger partial charge >= 0.3 is 0 Å². The SMILES string of the molecule is CNCCC(C)(C)CCc1ccccc1. The van der Waals surface area contributed by atoms with Crippen LogP contribution in [0.5, 0.6) is 0 Å². The highest BCUT2D eigenvalue weighted by molar-refractivity contribution is 5.14. The monoisotopic (exact) mass is 205 g/mol. The topological polar surface area (TPSA) is 12.0 Å². The van der Waals surface area contributed by atoms with Gasteiger partial charge in [-0.15, -0.1) is 0 Å². The van der Waals surface area contributed by atoms with Gasteiger partial charge in [0.25, 0.3) is 0 Å². The molecule has 0 saturated heterocycles. The molecule has 0 radical (unpaired) electrons. The number of nitrogens with one attached hydrogen (secondary N) is 1. The zero-order valence-corrected chi connectivity index (χ0v) is 10.2. The van der Waals surface area contributed by atoms with Gasteiger partial charge in [0.15, 0.2) is 0 Å². The van der Waals surface area contributed by atoms with E-state index in [2.05, 4.69) is 49.5 Å². The summed E-state index contributed by atoms with van der Waals surface area (Å²) in [6.07, 6.45) is 3.70. The summed E-state index contributed by atoms with van der Waals surface area (Å²) in [5.74, 6) is 0. The Bertz CT molecular complexity index is 264. The van der Waals surface area contributed by atoms with Gasteiger partial charge in [0, 0.05) is 0 Å². The Morgan fingerprint density at radius 3 is 2.33 bits per heavy atom. The molecule has 1 N–H and O–H groups in total. The number of aryl methyl sites for hydroxylation is 1. The van der Waals surface area contributed by atoms with E-state index < -0.39 is 0 Å². The van der Waals surface area contributed by atoms with Gasteiger partial charge in [-0.05, 0) is 43.8 Å². The van der Waals surface area contributed by atoms with Gasteiger partial charge in [0.1, 0.15) is 0 Å². The van der Waals surface area contributed by atoms with E-state index in [1.54, 1.807) is 0 Å². The Morgan fingerprint density at radius 2 is 1.73 bits per heavy atom. The predicted molar refractivity (Wildman–Crippen MR) is 67.1 cm³/mol. The molecule has 84 valence electrons. The molecule has 0 heterocycles. The first-order valence-corrected chi connectivity index (χ1v) is 5.82. The van der Waals surface area contributed by atoms with Crippen LogP contribution in [0.25, 0.3) is 0 Å². The third-order valence-corrected chi connectivity index (χ3v) is 2.99. The van der Waals surface area contributed by atoms with E-state index in [-0.39, 0.29) is 0 Å². The fourth-order valence-electron chi connectivity index (χ4n) is 1.72. The van der Waals surface area contributed by atoms with Crippen LogP contribution in [-0.4, -0.2) is 13.6 Å². The molecule has 0 aliphatic rings. The van der Waals surface area contributed by atoms with Crippen LogP contribution in [0.4, 0.5) is 0 Å². The highest BCUT2D eigenvalue weighted by Crippen LogP contribution is 2.26. The lowest BCUT2D eigenvalue weighted by atomic mass is 9.83. The fourth-order valence-corrected chi connectivity index (χ4v) is 1.72. The second-order valence-electron chi connectivity index (χ2n) is 5.00. The third-order valence-electron chi connectivity index (χ3n) is 2.99. The van der Waals surface area contributed by atoms with Gasteiger partial charge in [-0.1, -0.05) is 44.2 Å². The highest BCUT2D eigenvalue weighted by Gasteiger charge is 2.16. The van der Waals surface area contributed by atoms with Crippen molar-refractivity contribution in [2.24, 2.45) is 5.41 Å². The fraction of sp³-hybridized carbons (Fsp3) is 0.571. The van der Waals surface area contributed by atoms with Crippen LogP contribution < -0.4 is 5.32 Å². The number of hydrogen-bond acceptors (Lipinski definition) is 1. The van der Waals surface area contributed by atoms with E-state index in [0.29, 0.717) is 5.41 Å². The Labute approximate surface area is 93.9 Å². The van der Waals surface area contributed by atoms with Crippen LogP contribution in [-0.2, 0) is 6.42 Å². The quantitative estimate of drug-likeness (QED) is 0.751. The summed E-state index contributed by atoms with van der Waals surface area (Å²) in [7, 11) is 2.02. The molecule has 0 aromatic heterocycles. The van der Waals surface area contributed by atoms with Crippen molar-refractivity contribution in [3.05, 3.63) is 35.9 Å². The molecule has 0 amide bonds. The highest BCUT2D eigenvalue weighted by atomic mass is 14.8. The number of benzene rings is 1. The van der Waals surface area contributed by atoms with E-state index in [4.69, 9.17) is 0 Å². The molecule has 1 aromatic carbocycles. The molecule has 0 aliphatic heterocycles. The summed E-state index contributed by atoms with van der Waals surface area (Å²) in [4.78, 5) is 0. The summed E-state index contributed by atoms with van der Waals surface area (Å²) in [6, 6.07) is 10.8. The average molecular weight is 205 g/mol. The minimum atomic E-state index is 0.443. The van der Waals surface area contributed by atoms with Crippen molar-refractivity contribution >= 4 is 0 Å². The Balaban J connectivity index is 2.35. The molecule has 15 heavy (non-hydrogen) atoms. The second kappa shape index (κ2) is 5.92. The van der Waals surface area contributed by atoms with E-state index in [1.807, 2.05) is 7.05 Å². The zero-order valence-electron chi connectivity index (χ0n) is 10.2. The van der Waals surface area contributed by atoms with E-state index in [9.17, 15) is 0 Å². The molecule has 0 aliphatic carbocycles. The van der Waals surface area contributed by atoms with Crippen molar-refractivity contribution < 1.29 is 0 Å². The van der Waals surface area contributed by atoms with Crippen molar-refractivity contribution in [1.82, 2.24) is 5.32 Å². The Kier molecular flexibility index (Phi) is 4.83. The van der Waals surface area contributed by atoms with Gasteiger partial charge in [-0.25, -0.2) is 0 Å². The first kappa shape index (κ1) is 12.3. The minimum Gasteiger partial charge on any atom is -0.320 e. The molecular formula is C14H23N. The van der Waals surface area contributed by atoms with Crippen LogP contribution >= 0.6 is 0 Å². The van der Waals surface area contributed by atoms with Gasteiger partial charge in [0.05, 0.1) is 0 Å². The van der Waals surface area contributed by atoms with Gasteiger partial charge in [-0.3, -0.25) is 0 Å². The smallest absolute Gasteiger partial charge is 0.00468 e. The maximum atomic E-state index is 3.22. The normalized spacial score (nSPS) is 11.7. The molecule has 1 aromatic rings. The zero-order chi connectivity index (χ0) is 11.1. The summed E-state index contributed by atoms with van der Waals surface area (Å²) in [5.41, 5.74) is 1.90. The Hall–Kier alpha value is -0.820. The number of hydrogen-bond donors (Lipinski definition) is 1.